The summed E-state index contributed by atoms with van der Waals surface area (Å²) in [5.74, 6) is -0.998. The van der Waals surface area contributed by atoms with Gasteiger partial charge in [0.05, 0.1) is 23.4 Å². The normalized spacial score (nSPS) is 16.9. The minimum absolute atomic E-state index is 0.00972. The predicted octanol–water partition coefficient (Wildman–Crippen LogP) is 4.98. The van der Waals surface area contributed by atoms with Crippen LogP contribution in [0.25, 0.3) is 0 Å². The van der Waals surface area contributed by atoms with Crippen molar-refractivity contribution in [3.63, 3.8) is 0 Å². The van der Waals surface area contributed by atoms with Gasteiger partial charge >= 0.3 is 0 Å². The largest absolute Gasteiger partial charge is 0.325 e. The highest BCUT2D eigenvalue weighted by atomic mass is 32.2. The molecule has 1 saturated heterocycles. The number of hydrogen-bond donors (Lipinski definition) is 0. The molecule has 0 spiro atoms. The molecule has 0 N–H and O–H groups in total. The van der Waals surface area contributed by atoms with E-state index in [2.05, 4.69) is 6.07 Å². The molecule has 1 atom stereocenters. The van der Waals surface area contributed by atoms with Gasteiger partial charge in [0, 0.05) is 12.2 Å². The lowest BCUT2D eigenvalue weighted by atomic mass is 10.1. The Morgan fingerprint density at radius 2 is 1.82 bits per heavy atom. The van der Waals surface area contributed by atoms with Gasteiger partial charge in [-0.1, -0.05) is 66.2 Å². The lowest BCUT2D eigenvalue weighted by Crippen LogP contribution is -2.45. The van der Waals surface area contributed by atoms with Gasteiger partial charge < -0.3 is 4.90 Å². The molecule has 3 aromatic rings. The third kappa shape index (κ3) is 5.89. The molecule has 39 heavy (non-hydrogen) atoms. The molecule has 5 rings (SSSR count). The number of benzene rings is 2. The van der Waals surface area contributed by atoms with Crippen LogP contribution in [0, 0.1) is 18.3 Å². The number of fused-ring (bicyclic) bond motifs is 1. The van der Waals surface area contributed by atoms with Crippen molar-refractivity contribution in [2.24, 2.45) is 0 Å². The molecule has 1 aliphatic carbocycles. The average molecular weight is 539 g/mol. The third-order valence-corrected chi connectivity index (χ3v) is 8.25. The molecule has 2 aliphatic rings. The summed E-state index contributed by atoms with van der Waals surface area (Å²) < 4.78 is 0. The number of carbonyl (C=O) groups excluding carboxylic acids is 3. The summed E-state index contributed by atoms with van der Waals surface area (Å²) >= 11 is 1.22. The number of imide groups is 1. The smallest absolute Gasteiger partial charge is 0.257 e. The van der Waals surface area contributed by atoms with Gasteiger partial charge in [-0.25, -0.2) is 9.88 Å². The topological polar surface area (TPSA) is 94.4 Å². The fourth-order valence-corrected chi connectivity index (χ4v) is 6.03. The number of amides is 3. The van der Waals surface area contributed by atoms with Crippen molar-refractivity contribution in [2.75, 3.05) is 10.7 Å². The predicted molar refractivity (Wildman–Crippen MR) is 150 cm³/mol. The summed E-state index contributed by atoms with van der Waals surface area (Å²) in [6, 6.07) is 19.9. The summed E-state index contributed by atoms with van der Waals surface area (Å²) in [5.41, 5.74) is 5.00. The summed E-state index contributed by atoms with van der Waals surface area (Å²) in [6.07, 6.45) is 5.01. The highest BCUT2D eigenvalue weighted by molar-refractivity contribution is 8.00. The fraction of sp³-hybridized carbons (Fsp3) is 0.323. The van der Waals surface area contributed by atoms with Gasteiger partial charge in [0.1, 0.15) is 17.1 Å². The minimum Gasteiger partial charge on any atom is -0.325 e. The molecule has 3 amide bonds. The zero-order valence-corrected chi connectivity index (χ0v) is 22.7. The van der Waals surface area contributed by atoms with Gasteiger partial charge in [-0.05, 0) is 61.9 Å². The molecule has 7 nitrogen and oxygen atoms in total. The maximum atomic E-state index is 13.7. The number of hydrogen-bond acceptors (Lipinski definition) is 6. The molecule has 1 unspecified atom stereocenters. The first-order chi connectivity index (χ1) is 18.9. The Balaban J connectivity index is 1.39. The number of nitrogens with zero attached hydrogens (tertiary/aromatic N) is 4. The van der Waals surface area contributed by atoms with Crippen LogP contribution < -0.4 is 4.90 Å². The monoisotopic (exact) mass is 538 g/mol. The molecule has 0 bridgehead atoms. The summed E-state index contributed by atoms with van der Waals surface area (Å²) in [4.78, 5) is 47.7. The first kappa shape index (κ1) is 26.6. The fourth-order valence-electron chi connectivity index (χ4n) is 5.17. The second kappa shape index (κ2) is 11.8. The number of carbonyl (C=O) groups is 3. The lowest BCUT2D eigenvalue weighted by Gasteiger charge is -2.28. The SMILES string of the molecule is Cc1ccc(N2C(=O)CC(N(Cc3ccccc3)C(=O)CSc3nc4c(cc3C#N)CCCCC4)C2=O)cc1. The van der Waals surface area contributed by atoms with E-state index in [-0.39, 0.29) is 30.5 Å². The first-order valence-corrected chi connectivity index (χ1v) is 14.3. The molecule has 8 heteroatoms. The maximum absolute atomic E-state index is 13.7. The van der Waals surface area contributed by atoms with E-state index in [4.69, 9.17) is 4.98 Å². The first-order valence-electron chi connectivity index (χ1n) is 13.3. The van der Waals surface area contributed by atoms with Crippen molar-refractivity contribution >= 4 is 35.2 Å². The van der Waals surface area contributed by atoms with E-state index in [0.717, 1.165) is 54.5 Å². The Bertz CT molecular complexity index is 1430. The van der Waals surface area contributed by atoms with Gasteiger partial charge in [0.25, 0.3) is 5.91 Å². The highest BCUT2D eigenvalue weighted by Gasteiger charge is 2.44. The molecular formula is C31H30N4O3S. The second-order valence-electron chi connectivity index (χ2n) is 10.0. The number of aryl methyl sites for hydroxylation is 3. The van der Waals surface area contributed by atoms with E-state index >= 15 is 0 Å². The Morgan fingerprint density at radius 1 is 1.08 bits per heavy atom. The second-order valence-corrected chi connectivity index (χ2v) is 11.0. The highest BCUT2D eigenvalue weighted by Crippen LogP contribution is 2.30. The number of aromatic nitrogens is 1. The molecular weight excluding hydrogens is 508 g/mol. The van der Waals surface area contributed by atoms with Gasteiger partial charge in [0.15, 0.2) is 0 Å². The summed E-state index contributed by atoms with van der Waals surface area (Å²) in [7, 11) is 0. The van der Waals surface area contributed by atoms with E-state index in [9.17, 15) is 19.6 Å². The summed E-state index contributed by atoms with van der Waals surface area (Å²) in [6.45, 7) is 2.14. The van der Waals surface area contributed by atoms with E-state index in [0.29, 0.717) is 16.3 Å². The Morgan fingerprint density at radius 3 is 2.56 bits per heavy atom. The van der Waals surface area contributed by atoms with Gasteiger partial charge in [0.2, 0.25) is 11.8 Å². The molecule has 0 saturated carbocycles. The molecule has 1 fully saturated rings. The number of pyridine rings is 1. The van der Waals surface area contributed by atoms with Crippen LogP contribution in [0.5, 0.6) is 0 Å². The molecule has 1 aliphatic heterocycles. The van der Waals surface area contributed by atoms with Crippen LogP contribution in [0.3, 0.4) is 0 Å². The average Bonchev–Trinajstić information content (AvgIpc) is 3.09. The zero-order valence-electron chi connectivity index (χ0n) is 21.9. The number of rotatable bonds is 7. The Hall–Kier alpha value is -3.96. The third-order valence-electron chi connectivity index (χ3n) is 7.28. The minimum atomic E-state index is -0.900. The lowest BCUT2D eigenvalue weighted by molar-refractivity contribution is -0.136. The molecule has 2 heterocycles. The molecule has 2 aromatic carbocycles. The maximum Gasteiger partial charge on any atom is 0.257 e. The molecule has 0 radical (unpaired) electrons. The quantitative estimate of drug-likeness (QED) is 0.239. The molecule has 1 aromatic heterocycles. The van der Waals surface area contributed by atoms with E-state index in [1.165, 1.54) is 21.6 Å². The standard InChI is InChI=1S/C31H30N4O3S/c1-21-12-14-25(15-13-21)35-28(36)17-27(31(35)38)34(19-22-8-4-2-5-9-22)29(37)20-39-30-24(18-32)16-23-10-6-3-7-11-26(23)33-30/h2,4-5,8-9,12-16,27H,3,6-7,10-11,17,19-20H2,1H3. The van der Waals surface area contributed by atoms with Crippen LogP contribution in [-0.4, -0.2) is 39.4 Å². The van der Waals surface area contributed by atoms with Gasteiger partial charge in [-0.2, -0.15) is 5.26 Å². The van der Waals surface area contributed by atoms with Crippen molar-refractivity contribution in [2.45, 2.75) is 63.1 Å². The number of thioether (sulfide) groups is 1. The van der Waals surface area contributed by atoms with Crippen LogP contribution in [0.15, 0.2) is 65.7 Å². The summed E-state index contributed by atoms with van der Waals surface area (Å²) in [5, 5.41) is 10.3. The zero-order chi connectivity index (χ0) is 27.4. The van der Waals surface area contributed by atoms with Crippen molar-refractivity contribution in [1.29, 1.82) is 5.26 Å². The van der Waals surface area contributed by atoms with E-state index < -0.39 is 11.9 Å². The van der Waals surface area contributed by atoms with E-state index in [1.807, 2.05) is 55.5 Å². The van der Waals surface area contributed by atoms with Crippen LogP contribution in [0.4, 0.5) is 5.69 Å². The van der Waals surface area contributed by atoms with Gasteiger partial charge in [-0.3, -0.25) is 14.4 Å². The van der Waals surface area contributed by atoms with Gasteiger partial charge in [-0.15, -0.1) is 0 Å². The van der Waals surface area contributed by atoms with Crippen LogP contribution >= 0.6 is 11.8 Å². The Kier molecular flexibility index (Phi) is 8.08. The van der Waals surface area contributed by atoms with Crippen molar-refractivity contribution in [3.8, 4) is 6.07 Å². The van der Waals surface area contributed by atoms with Crippen LogP contribution in [0.1, 0.15) is 53.6 Å². The number of anilines is 1. The van der Waals surface area contributed by atoms with Crippen molar-refractivity contribution in [3.05, 3.63) is 88.6 Å². The molecule has 198 valence electrons. The van der Waals surface area contributed by atoms with Crippen molar-refractivity contribution < 1.29 is 14.4 Å². The van der Waals surface area contributed by atoms with Crippen LogP contribution in [-0.2, 0) is 33.8 Å². The Labute approximate surface area is 232 Å². The van der Waals surface area contributed by atoms with Crippen molar-refractivity contribution in [1.82, 2.24) is 9.88 Å². The van der Waals surface area contributed by atoms with E-state index in [1.54, 1.807) is 12.1 Å². The van der Waals surface area contributed by atoms with Crippen LogP contribution in [0.2, 0.25) is 0 Å². The number of nitriles is 1.